The molecule has 0 amide bonds. The number of anilines is 1. The van der Waals surface area contributed by atoms with E-state index in [2.05, 4.69) is 18.3 Å². The molecule has 0 radical (unpaired) electrons. The number of hydrogen-bond donors (Lipinski definition) is 1. The van der Waals surface area contributed by atoms with Gasteiger partial charge >= 0.3 is 0 Å². The molecule has 1 aromatic rings. The fourth-order valence-corrected chi connectivity index (χ4v) is 1.72. The lowest BCUT2D eigenvalue weighted by Gasteiger charge is -2.12. The number of nitriles is 1. The molecule has 0 fully saturated rings. The van der Waals surface area contributed by atoms with Crippen LogP contribution in [0, 0.1) is 17.1 Å². The van der Waals surface area contributed by atoms with Gasteiger partial charge in [-0.3, -0.25) is 0 Å². The first-order chi connectivity index (χ1) is 8.26. The maximum Gasteiger partial charge on any atom is 0.125 e. The minimum atomic E-state index is -0.280. The lowest BCUT2D eigenvalue weighted by Crippen LogP contribution is -2.17. The average molecular weight is 234 g/mol. The summed E-state index contributed by atoms with van der Waals surface area (Å²) in [6, 6.07) is 8.21. The number of nitrogens with zero attached hydrogens (tertiary/aromatic N) is 1. The molecule has 0 saturated carbocycles. The van der Waals surface area contributed by atoms with Crippen molar-refractivity contribution in [3.8, 4) is 6.07 Å². The first-order valence-electron chi connectivity index (χ1n) is 6.18. The summed E-state index contributed by atoms with van der Waals surface area (Å²) in [7, 11) is 0. The Morgan fingerprint density at radius 3 is 2.82 bits per heavy atom. The van der Waals surface area contributed by atoms with Crippen molar-refractivity contribution in [1.82, 2.24) is 0 Å². The molecule has 17 heavy (non-hydrogen) atoms. The van der Waals surface area contributed by atoms with Crippen LogP contribution in [0.2, 0.25) is 0 Å². The highest BCUT2D eigenvalue weighted by molar-refractivity contribution is 5.45. The predicted octanol–water partition coefficient (Wildman–Crippen LogP) is 4.10. The van der Waals surface area contributed by atoms with Crippen molar-refractivity contribution in [2.24, 2.45) is 0 Å². The van der Waals surface area contributed by atoms with Crippen molar-refractivity contribution in [1.29, 1.82) is 5.26 Å². The molecule has 0 bridgehead atoms. The highest BCUT2D eigenvalue weighted by Gasteiger charge is 2.06. The molecule has 0 aliphatic rings. The Kier molecular flexibility index (Phi) is 6.09. The van der Waals surface area contributed by atoms with Gasteiger partial charge in [0.2, 0.25) is 0 Å². The van der Waals surface area contributed by atoms with Crippen LogP contribution in [0.25, 0.3) is 0 Å². The Morgan fingerprint density at radius 2 is 2.18 bits per heavy atom. The van der Waals surface area contributed by atoms with Crippen molar-refractivity contribution in [3.05, 3.63) is 30.1 Å². The lowest BCUT2D eigenvalue weighted by atomic mass is 10.1. The zero-order chi connectivity index (χ0) is 12.5. The molecule has 0 aliphatic carbocycles. The van der Waals surface area contributed by atoms with Crippen LogP contribution in [0.15, 0.2) is 24.3 Å². The molecule has 0 heterocycles. The third kappa shape index (κ3) is 5.35. The highest BCUT2D eigenvalue weighted by atomic mass is 19.1. The van der Waals surface area contributed by atoms with E-state index in [0.29, 0.717) is 5.69 Å². The minimum Gasteiger partial charge on any atom is -0.370 e. The summed E-state index contributed by atoms with van der Waals surface area (Å²) in [4.78, 5) is 0. The maximum atomic E-state index is 13.0. The molecule has 1 unspecified atom stereocenters. The second-order valence-corrected chi connectivity index (χ2v) is 4.19. The van der Waals surface area contributed by atoms with E-state index in [1.54, 1.807) is 12.1 Å². The van der Waals surface area contributed by atoms with Crippen LogP contribution in [0.3, 0.4) is 0 Å². The quantitative estimate of drug-likeness (QED) is 0.721. The van der Waals surface area contributed by atoms with Gasteiger partial charge in [-0.2, -0.15) is 5.26 Å². The molecule has 0 saturated heterocycles. The second kappa shape index (κ2) is 7.67. The smallest absolute Gasteiger partial charge is 0.125 e. The van der Waals surface area contributed by atoms with Gasteiger partial charge in [0.15, 0.2) is 0 Å². The normalized spacial score (nSPS) is 11.8. The van der Waals surface area contributed by atoms with Crippen molar-refractivity contribution in [2.75, 3.05) is 5.32 Å². The Bertz CT molecular complexity index is 371. The van der Waals surface area contributed by atoms with Gasteiger partial charge in [-0.15, -0.1) is 0 Å². The van der Waals surface area contributed by atoms with Crippen molar-refractivity contribution in [2.45, 2.75) is 45.1 Å². The molecular weight excluding hydrogens is 215 g/mol. The van der Waals surface area contributed by atoms with Crippen LogP contribution < -0.4 is 5.32 Å². The van der Waals surface area contributed by atoms with E-state index in [0.717, 1.165) is 19.3 Å². The maximum absolute atomic E-state index is 13.0. The van der Waals surface area contributed by atoms with Gasteiger partial charge in [0.1, 0.15) is 11.9 Å². The van der Waals surface area contributed by atoms with Crippen LogP contribution in [0.4, 0.5) is 10.1 Å². The fraction of sp³-hybridized carbons (Fsp3) is 0.500. The Hall–Kier alpha value is -1.56. The molecule has 0 aromatic heterocycles. The average Bonchev–Trinajstić information content (AvgIpc) is 2.33. The number of hydrogen-bond acceptors (Lipinski definition) is 2. The van der Waals surface area contributed by atoms with Gasteiger partial charge in [-0.25, -0.2) is 4.39 Å². The monoisotopic (exact) mass is 234 g/mol. The van der Waals surface area contributed by atoms with E-state index in [-0.39, 0.29) is 11.9 Å². The number of rotatable bonds is 7. The molecule has 3 heteroatoms. The third-order valence-electron chi connectivity index (χ3n) is 2.67. The molecule has 0 aliphatic heterocycles. The summed E-state index contributed by atoms with van der Waals surface area (Å²) in [6.45, 7) is 2.16. The number of benzene rings is 1. The Morgan fingerprint density at radius 1 is 1.35 bits per heavy atom. The van der Waals surface area contributed by atoms with Crippen molar-refractivity contribution in [3.63, 3.8) is 0 Å². The van der Waals surface area contributed by atoms with Crippen molar-refractivity contribution >= 4 is 5.69 Å². The zero-order valence-corrected chi connectivity index (χ0v) is 10.2. The van der Waals surface area contributed by atoms with Gasteiger partial charge < -0.3 is 5.32 Å². The van der Waals surface area contributed by atoms with Gasteiger partial charge in [0, 0.05) is 5.69 Å². The Labute approximate surface area is 102 Å². The topological polar surface area (TPSA) is 35.8 Å². The molecule has 1 N–H and O–H groups in total. The lowest BCUT2D eigenvalue weighted by molar-refractivity contribution is 0.615. The SMILES string of the molecule is CCCCCCC(C#N)Nc1cccc(F)c1. The third-order valence-corrected chi connectivity index (χ3v) is 2.67. The Balaban J connectivity index is 2.39. The molecule has 0 spiro atoms. The van der Waals surface area contributed by atoms with E-state index in [1.807, 2.05) is 0 Å². The van der Waals surface area contributed by atoms with Crippen molar-refractivity contribution < 1.29 is 4.39 Å². The summed E-state index contributed by atoms with van der Waals surface area (Å²) in [5.41, 5.74) is 0.673. The van der Waals surface area contributed by atoms with Crippen LogP contribution in [0.1, 0.15) is 39.0 Å². The molecule has 2 nitrogen and oxygen atoms in total. The van der Waals surface area contributed by atoms with E-state index in [9.17, 15) is 4.39 Å². The summed E-state index contributed by atoms with van der Waals surface area (Å²) in [5, 5.41) is 12.1. The largest absolute Gasteiger partial charge is 0.370 e. The first kappa shape index (κ1) is 13.5. The first-order valence-corrected chi connectivity index (χ1v) is 6.18. The summed E-state index contributed by atoms with van der Waals surface area (Å²) in [6.07, 6.45) is 5.40. The molecule has 1 atom stereocenters. The van der Waals surface area contributed by atoms with Gasteiger partial charge in [0.05, 0.1) is 6.07 Å². The summed E-state index contributed by atoms with van der Waals surface area (Å²) < 4.78 is 13.0. The van der Waals surface area contributed by atoms with E-state index >= 15 is 0 Å². The summed E-state index contributed by atoms with van der Waals surface area (Å²) in [5.74, 6) is -0.280. The fourth-order valence-electron chi connectivity index (χ4n) is 1.72. The molecule has 1 rings (SSSR count). The summed E-state index contributed by atoms with van der Waals surface area (Å²) >= 11 is 0. The van der Waals surface area contributed by atoms with E-state index < -0.39 is 0 Å². The molecule has 92 valence electrons. The zero-order valence-electron chi connectivity index (χ0n) is 10.2. The number of nitrogens with one attached hydrogen (secondary N) is 1. The van der Waals surface area contributed by atoms with Crippen LogP contribution in [-0.4, -0.2) is 6.04 Å². The van der Waals surface area contributed by atoms with Crippen LogP contribution in [0.5, 0.6) is 0 Å². The highest BCUT2D eigenvalue weighted by Crippen LogP contribution is 2.13. The van der Waals surface area contributed by atoms with Gasteiger partial charge in [0.25, 0.3) is 0 Å². The molecule has 1 aromatic carbocycles. The van der Waals surface area contributed by atoms with Gasteiger partial charge in [-0.1, -0.05) is 38.7 Å². The second-order valence-electron chi connectivity index (χ2n) is 4.19. The number of halogens is 1. The van der Waals surface area contributed by atoms with Gasteiger partial charge in [-0.05, 0) is 24.6 Å². The predicted molar refractivity (Wildman–Crippen MR) is 68.2 cm³/mol. The van der Waals surface area contributed by atoms with E-state index in [4.69, 9.17) is 5.26 Å². The van der Waals surface area contributed by atoms with E-state index in [1.165, 1.54) is 25.0 Å². The standard InChI is InChI=1S/C14H19FN2/c1-2-3-4-5-8-14(11-16)17-13-9-6-7-12(15)10-13/h6-7,9-10,14,17H,2-5,8H2,1H3. The van der Waals surface area contributed by atoms with Crippen LogP contribution >= 0.6 is 0 Å². The number of unbranched alkanes of at least 4 members (excludes halogenated alkanes) is 3. The molecular formula is C14H19FN2. The minimum absolute atomic E-state index is 0.228. The van der Waals surface area contributed by atoms with Crippen LogP contribution in [-0.2, 0) is 0 Å².